The molecular formula is C37H44N6O4S2. The van der Waals surface area contributed by atoms with Crippen molar-refractivity contribution in [3.05, 3.63) is 82.9 Å². The summed E-state index contributed by atoms with van der Waals surface area (Å²) in [7, 11) is 8.77. The van der Waals surface area contributed by atoms with Gasteiger partial charge >= 0.3 is 0 Å². The van der Waals surface area contributed by atoms with E-state index in [1.165, 1.54) is 4.90 Å². The lowest BCUT2D eigenvalue weighted by Gasteiger charge is -2.27. The van der Waals surface area contributed by atoms with Crippen molar-refractivity contribution < 1.29 is 19.2 Å². The largest absolute Gasteiger partial charge is 0.384 e. The Hall–Kier alpha value is -4.10. The molecule has 4 N–H and O–H groups in total. The molecule has 0 aliphatic carbocycles. The van der Waals surface area contributed by atoms with E-state index in [9.17, 15) is 19.2 Å². The summed E-state index contributed by atoms with van der Waals surface area (Å²) in [5.41, 5.74) is 3.88. The topological polar surface area (TPSA) is 123 Å². The van der Waals surface area contributed by atoms with E-state index >= 15 is 0 Å². The van der Waals surface area contributed by atoms with Gasteiger partial charge in [0.25, 0.3) is 17.7 Å². The van der Waals surface area contributed by atoms with Crippen molar-refractivity contribution in [3.63, 3.8) is 0 Å². The molecule has 4 aromatic carbocycles. The van der Waals surface area contributed by atoms with E-state index in [4.69, 9.17) is 0 Å². The Kier molecular flexibility index (Phi) is 12.9. The predicted molar refractivity (Wildman–Crippen MR) is 205 cm³/mol. The van der Waals surface area contributed by atoms with Crippen LogP contribution in [-0.2, 0) is 0 Å². The van der Waals surface area contributed by atoms with Gasteiger partial charge in [0.05, 0.1) is 0 Å². The summed E-state index contributed by atoms with van der Waals surface area (Å²) in [6.07, 6.45) is 2.70. The molecule has 0 saturated carbocycles. The van der Waals surface area contributed by atoms with Gasteiger partial charge in [-0.3, -0.25) is 24.1 Å². The molecule has 49 heavy (non-hydrogen) atoms. The van der Waals surface area contributed by atoms with E-state index in [1.807, 2.05) is 56.6 Å². The molecule has 1 aliphatic rings. The second-order valence-corrected chi connectivity index (χ2v) is 14.5. The molecule has 5 rings (SSSR count). The molecule has 0 radical (unpaired) electrons. The number of aldehydes is 1. The quantitative estimate of drug-likeness (QED) is 0.0426. The number of nitrogens with zero attached hydrogens (tertiary/aromatic N) is 2. The molecular weight excluding hydrogens is 657 g/mol. The molecule has 0 bridgehead atoms. The normalized spacial score (nSPS) is 12.5. The van der Waals surface area contributed by atoms with Gasteiger partial charge in [0.2, 0.25) is 0 Å². The number of rotatable bonds is 19. The fourth-order valence-electron chi connectivity index (χ4n) is 6.07. The smallest absolute Gasteiger partial charge is 0.261 e. The molecule has 0 spiro atoms. The Morgan fingerprint density at radius 2 is 1.35 bits per heavy atom. The number of imide groups is 1. The van der Waals surface area contributed by atoms with Crippen molar-refractivity contribution >= 4 is 78.5 Å². The summed E-state index contributed by atoms with van der Waals surface area (Å²) >= 11 is 0. The Morgan fingerprint density at radius 3 is 2.00 bits per heavy atom. The van der Waals surface area contributed by atoms with Crippen LogP contribution in [0.25, 0.3) is 21.5 Å². The van der Waals surface area contributed by atoms with E-state index in [0.29, 0.717) is 57.6 Å². The van der Waals surface area contributed by atoms with Gasteiger partial charge in [0.15, 0.2) is 6.29 Å². The van der Waals surface area contributed by atoms with Gasteiger partial charge in [-0.05, 0) is 70.4 Å². The molecule has 10 nitrogen and oxygen atoms in total. The molecule has 0 aromatic heterocycles. The second kappa shape index (κ2) is 17.5. The molecule has 1 aliphatic heterocycles. The van der Waals surface area contributed by atoms with Crippen LogP contribution in [-0.4, -0.2) is 106 Å². The number of carbonyl (C=O) groups is 4. The third kappa shape index (κ3) is 8.21. The van der Waals surface area contributed by atoms with Crippen LogP contribution in [0.4, 0.5) is 11.4 Å². The van der Waals surface area contributed by atoms with Crippen molar-refractivity contribution in [1.82, 2.24) is 20.4 Å². The monoisotopic (exact) mass is 700 g/mol. The van der Waals surface area contributed by atoms with E-state index < -0.39 is 0 Å². The number of fused-ring (bicyclic) bond motifs is 1. The molecule has 4 aromatic rings. The van der Waals surface area contributed by atoms with Gasteiger partial charge in [0, 0.05) is 99.9 Å². The molecule has 1 heterocycles. The van der Waals surface area contributed by atoms with Crippen molar-refractivity contribution in [1.29, 1.82) is 0 Å². The average Bonchev–Trinajstić information content (AvgIpc) is 3.12. The van der Waals surface area contributed by atoms with Crippen LogP contribution in [0.1, 0.15) is 54.3 Å². The Bertz CT molecular complexity index is 1810. The summed E-state index contributed by atoms with van der Waals surface area (Å²) in [6.45, 7) is 4.12. The van der Waals surface area contributed by atoms with Crippen LogP contribution >= 0.6 is 21.6 Å². The molecule has 0 fully saturated rings. The number of hydrogen-bond donors (Lipinski definition) is 4. The lowest BCUT2D eigenvalue weighted by molar-refractivity contribution is 0.0620. The summed E-state index contributed by atoms with van der Waals surface area (Å²) in [4.78, 5) is 55.5. The van der Waals surface area contributed by atoms with Crippen LogP contribution in [0.2, 0.25) is 0 Å². The lowest BCUT2D eigenvalue weighted by Crippen LogP contribution is -2.41. The third-order valence-electron chi connectivity index (χ3n) is 8.60. The first kappa shape index (κ1) is 36.2. The zero-order chi connectivity index (χ0) is 34.8. The Labute approximate surface area is 295 Å². The van der Waals surface area contributed by atoms with Gasteiger partial charge in [-0.1, -0.05) is 51.9 Å². The summed E-state index contributed by atoms with van der Waals surface area (Å²) < 4.78 is 0. The molecule has 0 saturated heterocycles. The SMILES string of the molecule is CNCCCNc1ccc(C(=O)N(C)CCSSCCN2C(=O)c3cccc4c(NCCCNC)ccc(c34)C2=O)c2c(C=O)cccc12. The summed E-state index contributed by atoms with van der Waals surface area (Å²) in [5.74, 6) is 0.525. The lowest BCUT2D eigenvalue weighted by atomic mass is 9.93. The maximum atomic E-state index is 13.6. The number of amides is 3. The molecule has 0 atom stereocenters. The number of hydrogen-bond acceptors (Lipinski definition) is 10. The number of benzene rings is 4. The van der Waals surface area contributed by atoms with E-state index in [1.54, 1.807) is 51.7 Å². The maximum absolute atomic E-state index is 13.6. The summed E-state index contributed by atoms with van der Waals surface area (Å²) in [6, 6.07) is 18.6. The highest BCUT2D eigenvalue weighted by Crippen LogP contribution is 2.35. The first-order valence-electron chi connectivity index (χ1n) is 16.6. The highest BCUT2D eigenvalue weighted by molar-refractivity contribution is 8.76. The van der Waals surface area contributed by atoms with Gasteiger partial charge in [-0.15, -0.1) is 0 Å². The zero-order valence-electron chi connectivity index (χ0n) is 28.3. The molecule has 3 amide bonds. The second-order valence-electron chi connectivity index (χ2n) is 11.8. The first-order valence-corrected chi connectivity index (χ1v) is 19.1. The van der Waals surface area contributed by atoms with E-state index in [0.717, 1.165) is 67.5 Å². The maximum Gasteiger partial charge on any atom is 0.261 e. The first-order chi connectivity index (χ1) is 23.9. The van der Waals surface area contributed by atoms with Crippen LogP contribution in [0, 0.1) is 0 Å². The third-order valence-corrected chi connectivity index (χ3v) is 11.0. The average molecular weight is 701 g/mol. The van der Waals surface area contributed by atoms with Crippen molar-refractivity contribution in [3.8, 4) is 0 Å². The van der Waals surface area contributed by atoms with Crippen molar-refractivity contribution in [2.24, 2.45) is 0 Å². The number of anilines is 2. The molecule has 0 unspecified atom stereocenters. The minimum atomic E-state index is -0.271. The number of carbonyl (C=O) groups excluding carboxylic acids is 4. The van der Waals surface area contributed by atoms with Gasteiger partial charge in [0.1, 0.15) is 0 Å². The fourth-order valence-corrected chi connectivity index (χ4v) is 8.07. The predicted octanol–water partition coefficient (Wildman–Crippen LogP) is 5.60. The van der Waals surface area contributed by atoms with E-state index in [-0.39, 0.29) is 17.7 Å². The van der Waals surface area contributed by atoms with E-state index in [2.05, 4.69) is 21.3 Å². The highest BCUT2D eigenvalue weighted by atomic mass is 33.1. The van der Waals surface area contributed by atoms with Crippen LogP contribution in [0.15, 0.2) is 60.7 Å². The molecule has 12 heteroatoms. The standard InChI is InChI=1S/C37H44N6O4S2/c1-38-16-6-18-40-31-14-12-29(33-25(24-44)8-4-9-26(31)33)35(45)42(3)20-22-48-49-23-21-43-36(46)28-11-5-10-27-32(41-19-7-17-39-2)15-13-30(34(27)28)37(43)47/h4-5,8-15,24,38-41H,6-7,16-23H2,1-3H3. The minimum Gasteiger partial charge on any atom is -0.384 e. The van der Waals surface area contributed by atoms with Crippen LogP contribution < -0.4 is 21.3 Å². The highest BCUT2D eigenvalue weighted by Gasteiger charge is 2.33. The van der Waals surface area contributed by atoms with Gasteiger partial charge in [-0.25, -0.2) is 0 Å². The van der Waals surface area contributed by atoms with Crippen molar-refractivity contribution in [2.75, 3.05) is 82.6 Å². The van der Waals surface area contributed by atoms with Crippen LogP contribution in [0.3, 0.4) is 0 Å². The van der Waals surface area contributed by atoms with Crippen LogP contribution in [0.5, 0.6) is 0 Å². The molecule has 258 valence electrons. The van der Waals surface area contributed by atoms with Gasteiger partial charge < -0.3 is 26.2 Å². The van der Waals surface area contributed by atoms with Crippen molar-refractivity contribution in [2.45, 2.75) is 12.8 Å². The number of nitrogens with one attached hydrogen (secondary N) is 4. The summed E-state index contributed by atoms with van der Waals surface area (Å²) in [5, 5.41) is 16.2. The Balaban J connectivity index is 1.15. The van der Waals surface area contributed by atoms with Gasteiger partial charge in [-0.2, -0.15) is 0 Å². The Morgan fingerprint density at radius 1 is 0.755 bits per heavy atom. The fraction of sp³-hybridized carbons (Fsp3) is 0.351. The minimum absolute atomic E-state index is 0.152. The zero-order valence-corrected chi connectivity index (χ0v) is 29.9.